The molecular formula is C12H20N2O3. The molecule has 1 aromatic rings. The Morgan fingerprint density at radius 2 is 2.24 bits per heavy atom. The molecule has 5 heteroatoms. The molecule has 0 saturated heterocycles. The van der Waals surface area contributed by atoms with Crippen molar-refractivity contribution in [3.8, 4) is 0 Å². The van der Waals surface area contributed by atoms with Crippen molar-refractivity contribution in [1.82, 2.24) is 10.1 Å². The molecule has 1 aromatic heterocycles. The van der Waals surface area contributed by atoms with Crippen LogP contribution in [0.3, 0.4) is 0 Å². The van der Waals surface area contributed by atoms with Crippen LogP contribution in [0.2, 0.25) is 0 Å². The van der Waals surface area contributed by atoms with Crippen LogP contribution >= 0.6 is 0 Å². The summed E-state index contributed by atoms with van der Waals surface area (Å²) in [6.07, 6.45) is 3.06. The lowest BCUT2D eigenvalue weighted by Gasteiger charge is -2.09. The Bertz CT molecular complexity index is 349. The fraction of sp³-hybridized carbons (Fsp3) is 0.833. The fourth-order valence-corrected chi connectivity index (χ4v) is 1.88. The zero-order valence-electron chi connectivity index (χ0n) is 10.4. The number of aliphatic hydroxyl groups excluding tert-OH is 1. The van der Waals surface area contributed by atoms with Crippen molar-refractivity contribution in [2.75, 3.05) is 6.61 Å². The van der Waals surface area contributed by atoms with E-state index < -0.39 is 0 Å². The summed E-state index contributed by atoms with van der Waals surface area (Å²) in [6, 6.07) is 0. The first-order valence-electron chi connectivity index (χ1n) is 6.36. The van der Waals surface area contributed by atoms with Crippen LogP contribution in [-0.2, 0) is 11.2 Å². The summed E-state index contributed by atoms with van der Waals surface area (Å²) in [6.45, 7) is 4.60. The van der Waals surface area contributed by atoms with Crippen molar-refractivity contribution in [3.05, 3.63) is 11.7 Å². The van der Waals surface area contributed by atoms with Gasteiger partial charge < -0.3 is 14.4 Å². The molecular weight excluding hydrogens is 220 g/mol. The molecule has 0 radical (unpaired) electrons. The first-order valence-corrected chi connectivity index (χ1v) is 6.36. The molecule has 0 bridgehead atoms. The van der Waals surface area contributed by atoms with Crippen LogP contribution in [0.5, 0.6) is 0 Å². The maximum Gasteiger partial charge on any atom is 0.229 e. The first kappa shape index (κ1) is 12.5. The Morgan fingerprint density at radius 1 is 1.47 bits per heavy atom. The van der Waals surface area contributed by atoms with Crippen molar-refractivity contribution < 1.29 is 14.4 Å². The van der Waals surface area contributed by atoms with Crippen LogP contribution in [0.1, 0.15) is 50.9 Å². The third kappa shape index (κ3) is 3.26. The summed E-state index contributed by atoms with van der Waals surface area (Å²) in [4.78, 5) is 4.29. The Balaban J connectivity index is 1.93. The summed E-state index contributed by atoms with van der Waals surface area (Å²) in [5, 5.41) is 13.7. The van der Waals surface area contributed by atoms with Crippen molar-refractivity contribution >= 4 is 0 Å². The highest BCUT2D eigenvalue weighted by Crippen LogP contribution is 2.33. The van der Waals surface area contributed by atoms with Gasteiger partial charge in [0.1, 0.15) is 6.10 Å². The second-order valence-corrected chi connectivity index (χ2v) is 4.51. The molecule has 96 valence electrons. The van der Waals surface area contributed by atoms with Crippen LogP contribution < -0.4 is 0 Å². The van der Waals surface area contributed by atoms with Crippen LogP contribution in [0, 0.1) is 5.92 Å². The molecule has 2 unspecified atom stereocenters. The molecule has 0 spiro atoms. The largest absolute Gasteiger partial charge is 0.392 e. The number of ether oxygens (including phenoxy) is 1. The number of aliphatic hydroxyl groups is 1. The molecule has 0 amide bonds. The molecule has 1 heterocycles. The minimum atomic E-state index is -0.338. The number of aromatic nitrogens is 2. The van der Waals surface area contributed by atoms with E-state index in [0.29, 0.717) is 30.7 Å². The predicted octanol–water partition coefficient (Wildman–Crippen LogP) is 1.87. The lowest BCUT2D eigenvalue weighted by Crippen LogP contribution is -2.13. The highest BCUT2D eigenvalue weighted by molar-refractivity contribution is 4.94. The quantitative estimate of drug-likeness (QED) is 0.788. The summed E-state index contributed by atoms with van der Waals surface area (Å²) in [5.74, 6) is 1.53. The average molecular weight is 240 g/mol. The Morgan fingerprint density at radius 3 is 2.82 bits per heavy atom. The first-order chi connectivity index (χ1) is 8.24. The molecule has 1 aliphatic rings. The van der Waals surface area contributed by atoms with Gasteiger partial charge in [0.2, 0.25) is 11.7 Å². The van der Waals surface area contributed by atoms with Crippen molar-refractivity contribution in [2.45, 2.75) is 51.7 Å². The van der Waals surface area contributed by atoms with Gasteiger partial charge >= 0.3 is 0 Å². The van der Waals surface area contributed by atoms with Gasteiger partial charge in [0.05, 0.1) is 12.5 Å². The smallest absolute Gasteiger partial charge is 0.229 e. The molecule has 17 heavy (non-hydrogen) atoms. The fourth-order valence-electron chi connectivity index (χ4n) is 1.88. The Hall–Kier alpha value is -0.940. The van der Waals surface area contributed by atoms with Crippen LogP contribution in [-0.4, -0.2) is 28.0 Å². The minimum absolute atomic E-state index is 0.101. The predicted molar refractivity (Wildman–Crippen MR) is 61.4 cm³/mol. The normalized spacial score (nSPS) is 19.2. The standard InChI is InChI=1S/C12H20N2O3/c1-3-10(16-4-2)12-13-11(17-14-12)7-9(15)8-5-6-8/h8-10,15H,3-7H2,1-2H3. The lowest BCUT2D eigenvalue weighted by atomic mass is 10.2. The van der Waals surface area contributed by atoms with Gasteiger partial charge in [-0.3, -0.25) is 0 Å². The highest BCUT2D eigenvalue weighted by Gasteiger charge is 2.31. The van der Waals surface area contributed by atoms with Gasteiger partial charge in [0.15, 0.2) is 0 Å². The molecule has 5 nitrogen and oxygen atoms in total. The Labute approximate surface area is 101 Å². The minimum Gasteiger partial charge on any atom is -0.392 e. The van der Waals surface area contributed by atoms with E-state index in [0.717, 1.165) is 19.3 Å². The van der Waals surface area contributed by atoms with E-state index in [1.807, 2.05) is 13.8 Å². The second-order valence-electron chi connectivity index (χ2n) is 4.51. The number of hydrogen-bond donors (Lipinski definition) is 1. The summed E-state index contributed by atoms with van der Waals surface area (Å²) in [5.41, 5.74) is 0. The van der Waals surface area contributed by atoms with Crippen molar-refractivity contribution in [3.63, 3.8) is 0 Å². The monoisotopic (exact) mass is 240 g/mol. The van der Waals surface area contributed by atoms with E-state index >= 15 is 0 Å². The van der Waals surface area contributed by atoms with Crippen LogP contribution in [0.25, 0.3) is 0 Å². The number of hydrogen-bond acceptors (Lipinski definition) is 5. The zero-order valence-corrected chi connectivity index (χ0v) is 10.4. The maximum atomic E-state index is 9.79. The second kappa shape index (κ2) is 5.60. The highest BCUT2D eigenvalue weighted by atomic mass is 16.5. The van der Waals surface area contributed by atoms with Gasteiger partial charge in [-0.25, -0.2) is 0 Å². The number of nitrogens with zero attached hydrogens (tertiary/aromatic N) is 2. The van der Waals surface area contributed by atoms with Crippen molar-refractivity contribution in [2.24, 2.45) is 5.92 Å². The van der Waals surface area contributed by atoms with E-state index in [9.17, 15) is 5.11 Å². The molecule has 0 aliphatic heterocycles. The Kier molecular flexibility index (Phi) is 4.12. The molecule has 1 saturated carbocycles. The van der Waals surface area contributed by atoms with Gasteiger partial charge in [-0.05, 0) is 32.1 Å². The van der Waals surface area contributed by atoms with E-state index in [-0.39, 0.29) is 12.2 Å². The molecule has 0 aromatic carbocycles. The summed E-state index contributed by atoms with van der Waals surface area (Å²) >= 11 is 0. The summed E-state index contributed by atoms with van der Waals surface area (Å²) < 4.78 is 10.6. The van der Waals surface area contributed by atoms with Crippen molar-refractivity contribution in [1.29, 1.82) is 0 Å². The third-order valence-corrected chi connectivity index (χ3v) is 3.06. The molecule has 1 N–H and O–H groups in total. The van der Waals surface area contributed by atoms with Gasteiger partial charge in [-0.15, -0.1) is 0 Å². The SMILES string of the molecule is CCOC(CC)c1noc(CC(O)C2CC2)n1. The third-order valence-electron chi connectivity index (χ3n) is 3.06. The van der Waals surface area contributed by atoms with E-state index in [4.69, 9.17) is 9.26 Å². The molecule has 1 fully saturated rings. The number of rotatable bonds is 7. The molecule has 2 rings (SSSR count). The van der Waals surface area contributed by atoms with E-state index in [1.54, 1.807) is 0 Å². The van der Waals surface area contributed by atoms with Gasteiger partial charge in [0, 0.05) is 6.61 Å². The average Bonchev–Trinajstić information content (AvgIpc) is 3.08. The topological polar surface area (TPSA) is 68.4 Å². The van der Waals surface area contributed by atoms with E-state index in [2.05, 4.69) is 10.1 Å². The van der Waals surface area contributed by atoms with Crippen LogP contribution in [0.15, 0.2) is 4.52 Å². The van der Waals surface area contributed by atoms with Gasteiger partial charge in [0.25, 0.3) is 0 Å². The maximum absolute atomic E-state index is 9.79. The van der Waals surface area contributed by atoms with Crippen LogP contribution in [0.4, 0.5) is 0 Å². The lowest BCUT2D eigenvalue weighted by molar-refractivity contribution is 0.0518. The molecule has 1 aliphatic carbocycles. The molecule has 2 atom stereocenters. The zero-order chi connectivity index (χ0) is 12.3. The summed E-state index contributed by atoms with van der Waals surface area (Å²) in [7, 11) is 0. The van der Waals surface area contributed by atoms with Gasteiger partial charge in [-0.2, -0.15) is 4.98 Å². The van der Waals surface area contributed by atoms with Gasteiger partial charge in [-0.1, -0.05) is 12.1 Å². The van der Waals surface area contributed by atoms with E-state index in [1.165, 1.54) is 0 Å².